The van der Waals surface area contributed by atoms with Crippen molar-refractivity contribution in [1.29, 1.82) is 0 Å². The largest absolute Gasteiger partial charge is 0.373 e. The van der Waals surface area contributed by atoms with Gasteiger partial charge in [-0.15, -0.1) is 0 Å². The summed E-state index contributed by atoms with van der Waals surface area (Å²) in [6.45, 7) is 3.09. The Hall–Kier alpha value is -0.300. The second-order valence-corrected chi connectivity index (χ2v) is 2.81. The Kier molecular flexibility index (Phi) is 3.52. The summed E-state index contributed by atoms with van der Waals surface area (Å²) in [4.78, 5) is 0. The molecule has 0 aliphatic carbocycles. The van der Waals surface area contributed by atoms with Gasteiger partial charge in [0, 0.05) is 0 Å². The molecule has 1 heterocycles. The lowest BCUT2D eigenvalue weighted by Gasteiger charge is -1.92. The Morgan fingerprint density at radius 3 is 2.90 bits per heavy atom. The lowest BCUT2D eigenvalue weighted by Crippen LogP contribution is -1.83. The van der Waals surface area contributed by atoms with Gasteiger partial charge in [-0.2, -0.15) is 0 Å². The first-order valence-corrected chi connectivity index (χ1v) is 4.16. The van der Waals surface area contributed by atoms with E-state index in [1.165, 1.54) is 25.7 Å². The molecule has 1 saturated heterocycles. The third-order valence-corrected chi connectivity index (χ3v) is 1.78. The zero-order valence-corrected chi connectivity index (χ0v) is 6.68. The number of ether oxygens (including phenoxy) is 1. The molecule has 0 aromatic carbocycles. The van der Waals surface area contributed by atoms with Gasteiger partial charge in [0.05, 0.1) is 12.7 Å². The van der Waals surface area contributed by atoms with E-state index in [0.717, 1.165) is 6.61 Å². The molecule has 0 radical (unpaired) electrons. The lowest BCUT2D eigenvalue weighted by atomic mass is 10.1. The Bertz CT molecular complexity index is 103. The summed E-state index contributed by atoms with van der Waals surface area (Å²) in [7, 11) is 0. The minimum absolute atomic E-state index is 0.630. The fraction of sp³-hybridized carbons (Fsp3) is 0.778. The Morgan fingerprint density at radius 1 is 1.50 bits per heavy atom. The van der Waals surface area contributed by atoms with Crippen molar-refractivity contribution in [2.45, 2.75) is 38.7 Å². The number of hydrogen-bond donors (Lipinski definition) is 0. The highest BCUT2D eigenvalue weighted by Crippen LogP contribution is 2.16. The van der Waals surface area contributed by atoms with Crippen molar-refractivity contribution in [3.63, 3.8) is 0 Å². The molecule has 1 fully saturated rings. The number of epoxide rings is 1. The van der Waals surface area contributed by atoms with Crippen LogP contribution in [0.1, 0.15) is 32.6 Å². The molecule has 0 bridgehead atoms. The summed E-state index contributed by atoms with van der Waals surface area (Å²) in [5.74, 6) is 0. The molecule has 0 amide bonds. The number of rotatable bonds is 5. The maximum absolute atomic E-state index is 5.10. The number of unbranched alkanes of at least 4 members (excludes halogenated alkanes) is 2. The SMILES string of the molecule is C/C=C/CCCCC1CO1. The van der Waals surface area contributed by atoms with Crippen molar-refractivity contribution in [3.05, 3.63) is 12.2 Å². The highest BCUT2D eigenvalue weighted by Gasteiger charge is 2.20. The molecule has 1 heteroatoms. The van der Waals surface area contributed by atoms with Gasteiger partial charge in [0.1, 0.15) is 0 Å². The van der Waals surface area contributed by atoms with Crippen LogP contribution >= 0.6 is 0 Å². The zero-order chi connectivity index (χ0) is 7.23. The highest BCUT2D eigenvalue weighted by atomic mass is 16.6. The maximum Gasteiger partial charge on any atom is 0.0810 e. The molecule has 1 atom stereocenters. The van der Waals surface area contributed by atoms with Crippen LogP contribution in [0.3, 0.4) is 0 Å². The van der Waals surface area contributed by atoms with Crippen LogP contribution in [-0.2, 0) is 4.74 Å². The Labute approximate surface area is 63.1 Å². The third kappa shape index (κ3) is 3.67. The van der Waals surface area contributed by atoms with Crippen LogP contribution in [0.2, 0.25) is 0 Å². The van der Waals surface area contributed by atoms with E-state index in [-0.39, 0.29) is 0 Å². The van der Waals surface area contributed by atoms with Crippen molar-refractivity contribution in [2.75, 3.05) is 6.61 Å². The minimum Gasteiger partial charge on any atom is -0.373 e. The maximum atomic E-state index is 5.10. The molecular formula is C9H16O. The third-order valence-electron chi connectivity index (χ3n) is 1.78. The van der Waals surface area contributed by atoms with Gasteiger partial charge in [-0.25, -0.2) is 0 Å². The molecule has 0 saturated carbocycles. The highest BCUT2D eigenvalue weighted by molar-refractivity contribution is 4.77. The van der Waals surface area contributed by atoms with E-state index in [1.54, 1.807) is 0 Å². The van der Waals surface area contributed by atoms with E-state index in [1.807, 2.05) is 0 Å². The van der Waals surface area contributed by atoms with Gasteiger partial charge in [-0.3, -0.25) is 0 Å². The average molecular weight is 140 g/mol. The van der Waals surface area contributed by atoms with Crippen molar-refractivity contribution in [3.8, 4) is 0 Å². The summed E-state index contributed by atoms with van der Waals surface area (Å²) in [6.07, 6.45) is 10.1. The van der Waals surface area contributed by atoms with Gasteiger partial charge >= 0.3 is 0 Å². The first kappa shape index (κ1) is 7.80. The Balaban J connectivity index is 1.76. The van der Waals surface area contributed by atoms with Crippen LogP contribution in [0.25, 0.3) is 0 Å². The lowest BCUT2D eigenvalue weighted by molar-refractivity contribution is 0.390. The average Bonchev–Trinajstić information content (AvgIpc) is 2.71. The van der Waals surface area contributed by atoms with E-state index in [9.17, 15) is 0 Å². The summed E-state index contributed by atoms with van der Waals surface area (Å²) >= 11 is 0. The van der Waals surface area contributed by atoms with Crippen LogP contribution in [0.4, 0.5) is 0 Å². The molecule has 1 rings (SSSR count). The molecule has 1 nitrogen and oxygen atoms in total. The second-order valence-electron chi connectivity index (χ2n) is 2.81. The quantitative estimate of drug-likeness (QED) is 0.325. The van der Waals surface area contributed by atoms with Gasteiger partial charge in [0.15, 0.2) is 0 Å². The van der Waals surface area contributed by atoms with E-state index in [2.05, 4.69) is 19.1 Å². The molecule has 0 N–H and O–H groups in total. The van der Waals surface area contributed by atoms with Crippen molar-refractivity contribution >= 4 is 0 Å². The predicted octanol–water partition coefficient (Wildman–Crippen LogP) is 2.52. The smallest absolute Gasteiger partial charge is 0.0810 e. The molecule has 10 heavy (non-hydrogen) atoms. The zero-order valence-electron chi connectivity index (χ0n) is 6.68. The summed E-state index contributed by atoms with van der Waals surface area (Å²) < 4.78 is 5.10. The molecule has 1 aliphatic rings. The number of hydrogen-bond acceptors (Lipinski definition) is 1. The van der Waals surface area contributed by atoms with Crippen LogP contribution in [0, 0.1) is 0 Å². The van der Waals surface area contributed by atoms with Crippen molar-refractivity contribution in [2.24, 2.45) is 0 Å². The number of allylic oxidation sites excluding steroid dienone is 2. The second kappa shape index (κ2) is 4.51. The van der Waals surface area contributed by atoms with E-state index >= 15 is 0 Å². The summed E-state index contributed by atoms with van der Waals surface area (Å²) in [5.41, 5.74) is 0. The molecule has 1 aliphatic heterocycles. The van der Waals surface area contributed by atoms with Gasteiger partial charge in [0.25, 0.3) is 0 Å². The molecule has 1 unspecified atom stereocenters. The normalized spacial score (nSPS) is 23.9. The standard InChI is InChI=1S/C9H16O/c1-2-3-4-5-6-7-9-8-10-9/h2-3,9H,4-8H2,1H3/b3-2+. The fourth-order valence-electron chi connectivity index (χ4n) is 1.04. The molecule has 0 aromatic heterocycles. The van der Waals surface area contributed by atoms with Crippen molar-refractivity contribution in [1.82, 2.24) is 0 Å². The molecular weight excluding hydrogens is 124 g/mol. The van der Waals surface area contributed by atoms with Crippen LogP contribution < -0.4 is 0 Å². The van der Waals surface area contributed by atoms with Gasteiger partial charge < -0.3 is 4.74 Å². The molecule has 0 spiro atoms. The van der Waals surface area contributed by atoms with E-state index in [0.29, 0.717) is 6.10 Å². The Morgan fingerprint density at radius 2 is 2.30 bits per heavy atom. The molecule has 58 valence electrons. The minimum atomic E-state index is 0.630. The predicted molar refractivity (Wildman–Crippen MR) is 43.0 cm³/mol. The fourth-order valence-corrected chi connectivity index (χ4v) is 1.04. The first-order valence-electron chi connectivity index (χ1n) is 4.16. The van der Waals surface area contributed by atoms with Crippen LogP contribution in [-0.4, -0.2) is 12.7 Å². The van der Waals surface area contributed by atoms with E-state index in [4.69, 9.17) is 4.74 Å². The van der Waals surface area contributed by atoms with Gasteiger partial charge in [0.2, 0.25) is 0 Å². The van der Waals surface area contributed by atoms with Gasteiger partial charge in [-0.05, 0) is 26.2 Å². The van der Waals surface area contributed by atoms with E-state index < -0.39 is 0 Å². The van der Waals surface area contributed by atoms with Crippen LogP contribution in [0.5, 0.6) is 0 Å². The van der Waals surface area contributed by atoms with Crippen molar-refractivity contribution < 1.29 is 4.74 Å². The summed E-state index contributed by atoms with van der Waals surface area (Å²) in [5, 5.41) is 0. The first-order chi connectivity index (χ1) is 4.93. The molecule has 0 aromatic rings. The topological polar surface area (TPSA) is 12.5 Å². The summed E-state index contributed by atoms with van der Waals surface area (Å²) in [6, 6.07) is 0. The monoisotopic (exact) mass is 140 g/mol. The van der Waals surface area contributed by atoms with Crippen LogP contribution in [0.15, 0.2) is 12.2 Å². The van der Waals surface area contributed by atoms with Gasteiger partial charge in [-0.1, -0.05) is 18.6 Å².